The van der Waals surface area contributed by atoms with Crippen LogP contribution in [0.25, 0.3) is 0 Å². The molecule has 2 amide bonds. The zero-order chi connectivity index (χ0) is 15.8. The van der Waals surface area contributed by atoms with Crippen LogP contribution in [-0.4, -0.2) is 30.6 Å². The molecule has 0 unspecified atom stereocenters. The molecule has 1 aromatic rings. The molecule has 0 bridgehead atoms. The Hall–Kier alpha value is -2.08. The van der Waals surface area contributed by atoms with Crippen LogP contribution in [-0.2, 0) is 16.1 Å². The Morgan fingerprint density at radius 1 is 1.09 bits per heavy atom. The lowest BCUT2D eigenvalue weighted by atomic mass is 9.90. The molecule has 1 saturated carbocycles. The molecule has 1 aromatic carbocycles. The third-order valence-electron chi connectivity index (χ3n) is 3.81. The zero-order valence-electron chi connectivity index (χ0n) is 12.6. The van der Waals surface area contributed by atoms with Crippen LogP contribution in [0.1, 0.15) is 31.2 Å². The summed E-state index contributed by atoms with van der Waals surface area (Å²) in [4.78, 5) is 23.4. The van der Waals surface area contributed by atoms with Crippen molar-refractivity contribution in [3.8, 4) is 0 Å². The number of carbonyl (C=O) groups is 2. The van der Waals surface area contributed by atoms with Crippen molar-refractivity contribution in [3.63, 3.8) is 0 Å². The fraction of sp³-hybridized carbons (Fsp3) is 0.500. The van der Waals surface area contributed by atoms with E-state index < -0.39 is 6.09 Å². The van der Waals surface area contributed by atoms with Crippen molar-refractivity contribution >= 4 is 12.0 Å². The van der Waals surface area contributed by atoms with Gasteiger partial charge in [0.25, 0.3) is 0 Å². The lowest BCUT2D eigenvalue weighted by Crippen LogP contribution is -2.54. The number of amides is 2. The van der Waals surface area contributed by atoms with E-state index in [4.69, 9.17) is 10.5 Å². The van der Waals surface area contributed by atoms with E-state index in [0.29, 0.717) is 0 Å². The second-order valence-electron chi connectivity index (χ2n) is 5.48. The summed E-state index contributed by atoms with van der Waals surface area (Å²) < 4.78 is 5.22. The third kappa shape index (κ3) is 5.04. The maximum Gasteiger partial charge on any atom is 0.407 e. The van der Waals surface area contributed by atoms with E-state index in [0.717, 1.165) is 31.2 Å². The summed E-state index contributed by atoms with van der Waals surface area (Å²) in [6.07, 6.45) is 3.28. The van der Waals surface area contributed by atoms with E-state index >= 15 is 0 Å². The normalized spacial score (nSPS) is 21.0. The molecule has 0 radical (unpaired) electrons. The Bertz CT molecular complexity index is 493. The maximum absolute atomic E-state index is 11.9. The molecule has 0 aromatic heterocycles. The highest BCUT2D eigenvalue weighted by atomic mass is 16.5. The number of hydrogen-bond donors (Lipinski definition) is 3. The molecular weight excluding hydrogens is 282 g/mol. The van der Waals surface area contributed by atoms with Crippen LogP contribution in [0.15, 0.2) is 30.3 Å². The smallest absolute Gasteiger partial charge is 0.407 e. The molecule has 2 atom stereocenters. The zero-order valence-corrected chi connectivity index (χ0v) is 12.6. The Morgan fingerprint density at radius 3 is 2.36 bits per heavy atom. The van der Waals surface area contributed by atoms with E-state index in [1.54, 1.807) is 0 Å². The fourth-order valence-electron chi connectivity index (χ4n) is 2.66. The van der Waals surface area contributed by atoms with E-state index in [2.05, 4.69) is 10.6 Å². The summed E-state index contributed by atoms with van der Waals surface area (Å²) in [5, 5.41) is 5.72. The van der Waals surface area contributed by atoms with Gasteiger partial charge in [0.1, 0.15) is 6.61 Å². The molecule has 6 nitrogen and oxygen atoms in total. The lowest BCUT2D eigenvalue weighted by Gasteiger charge is -2.32. The van der Waals surface area contributed by atoms with Crippen molar-refractivity contribution in [2.24, 2.45) is 5.73 Å². The Morgan fingerprint density at radius 2 is 1.73 bits per heavy atom. The minimum Gasteiger partial charge on any atom is -0.445 e. The van der Waals surface area contributed by atoms with Gasteiger partial charge in [-0.1, -0.05) is 43.2 Å². The molecule has 4 N–H and O–H groups in total. The van der Waals surface area contributed by atoms with Crippen LogP contribution in [0.4, 0.5) is 4.79 Å². The Balaban J connectivity index is 1.81. The van der Waals surface area contributed by atoms with Gasteiger partial charge in [0.05, 0.1) is 12.6 Å². The van der Waals surface area contributed by atoms with Gasteiger partial charge in [-0.15, -0.1) is 0 Å². The van der Waals surface area contributed by atoms with Crippen molar-refractivity contribution < 1.29 is 14.3 Å². The van der Waals surface area contributed by atoms with Crippen LogP contribution in [0, 0.1) is 0 Å². The number of carbonyl (C=O) groups excluding carboxylic acids is 2. The van der Waals surface area contributed by atoms with Crippen LogP contribution in [0.5, 0.6) is 0 Å². The third-order valence-corrected chi connectivity index (χ3v) is 3.81. The van der Waals surface area contributed by atoms with Gasteiger partial charge in [-0.25, -0.2) is 4.79 Å². The predicted molar refractivity (Wildman–Crippen MR) is 83.0 cm³/mol. The highest BCUT2D eigenvalue weighted by molar-refractivity contribution is 5.78. The van der Waals surface area contributed by atoms with Gasteiger partial charge in [0, 0.05) is 6.04 Å². The van der Waals surface area contributed by atoms with Gasteiger partial charge in [0.15, 0.2) is 0 Å². The van der Waals surface area contributed by atoms with Crippen molar-refractivity contribution in [2.75, 3.05) is 6.54 Å². The van der Waals surface area contributed by atoms with Crippen LogP contribution in [0.3, 0.4) is 0 Å². The topological polar surface area (TPSA) is 93.5 Å². The standard InChI is InChI=1S/C16H23N3O3/c17-10-15(20)18-13-8-4-5-9-14(13)19-16(21)22-11-12-6-2-1-3-7-12/h1-3,6-7,13-14H,4-5,8-11,17H2,(H,18,20)(H,19,21)/t13-,14+/m1/s1. The summed E-state index contributed by atoms with van der Waals surface area (Å²) in [5.74, 6) is -0.198. The number of hydrogen-bond acceptors (Lipinski definition) is 4. The number of alkyl carbamates (subject to hydrolysis) is 1. The summed E-state index contributed by atoms with van der Waals surface area (Å²) >= 11 is 0. The van der Waals surface area contributed by atoms with Crippen LogP contribution < -0.4 is 16.4 Å². The molecule has 6 heteroatoms. The summed E-state index contributed by atoms with van der Waals surface area (Å²) in [6.45, 7) is 0.195. The fourth-order valence-corrected chi connectivity index (χ4v) is 2.66. The second-order valence-corrected chi connectivity index (χ2v) is 5.48. The monoisotopic (exact) mass is 305 g/mol. The van der Waals surface area contributed by atoms with Crippen molar-refractivity contribution in [1.29, 1.82) is 0 Å². The van der Waals surface area contributed by atoms with Gasteiger partial charge in [-0.2, -0.15) is 0 Å². The molecule has 0 heterocycles. The molecular formula is C16H23N3O3. The molecule has 22 heavy (non-hydrogen) atoms. The van der Waals surface area contributed by atoms with Crippen molar-refractivity contribution in [3.05, 3.63) is 35.9 Å². The first-order valence-electron chi connectivity index (χ1n) is 7.65. The first kappa shape index (κ1) is 16.3. The molecule has 1 aliphatic carbocycles. The Kier molecular flexibility index (Phi) is 6.21. The van der Waals surface area contributed by atoms with E-state index in [1.807, 2.05) is 30.3 Å². The summed E-state index contributed by atoms with van der Waals surface area (Å²) in [5.41, 5.74) is 6.26. The molecule has 1 fully saturated rings. The molecule has 1 aliphatic rings. The van der Waals surface area contributed by atoms with Crippen molar-refractivity contribution in [2.45, 2.75) is 44.4 Å². The number of rotatable bonds is 5. The van der Waals surface area contributed by atoms with Gasteiger partial charge in [-0.3, -0.25) is 4.79 Å². The summed E-state index contributed by atoms with van der Waals surface area (Å²) in [7, 11) is 0. The minimum absolute atomic E-state index is 0.0400. The van der Waals surface area contributed by atoms with Gasteiger partial charge < -0.3 is 21.1 Å². The maximum atomic E-state index is 11.9. The second kappa shape index (κ2) is 8.38. The van der Waals surface area contributed by atoms with Gasteiger partial charge in [-0.05, 0) is 18.4 Å². The predicted octanol–water partition coefficient (Wildman–Crippen LogP) is 1.30. The lowest BCUT2D eigenvalue weighted by molar-refractivity contribution is -0.120. The molecule has 0 saturated heterocycles. The number of nitrogens with one attached hydrogen (secondary N) is 2. The van der Waals surface area contributed by atoms with E-state index in [-0.39, 0.29) is 31.1 Å². The molecule has 0 spiro atoms. The first-order chi connectivity index (χ1) is 10.7. The number of ether oxygens (including phenoxy) is 1. The SMILES string of the molecule is NCC(=O)N[C@@H]1CCCC[C@@H]1NC(=O)OCc1ccccc1. The quantitative estimate of drug-likeness (QED) is 0.764. The van der Waals surface area contributed by atoms with Crippen LogP contribution in [0.2, 0.25) is 0 Å². The molecule has 0 aliphatic heterocycles. The largest absolute Gasteiger partial charge is 0.445 e. The van der Waals surface area contributed by atoms with Gasteiger partial charge >= 0.3 is 6.09 Å². The first-order valence-corrected chi connectivity index (χ1v) is 7.65. The highest BCUT2D eigenvalue weighted by Crippen LogP contribution is 2.18. The van der Waals surface area contributed by atoms with Crippen LogP contribution >= 0.6 is 0 Å². The average Bonchev–Trinajstić information content (AvgIpc) is 2.55. The van der Waals surface area contributed by atoms with Gasteiger partial charge in [0.2, 0.25) is 5.91 Å². The number of nitrogens with two attached hydrogens (primary N) is 1. The highest BCUT2D eigenvalue weighted by Gasteiger charge is 2.27. The molecule has 2 rings (SSSR count). The van der Waals surface area contributed by atoms with E-state index in [9.17, 15) is 9.59 Å². The van der Waals surface area contributed by atoms with E-state index in [1.165, 1.54) is 0 Å². The summed E-state index contributed by atoms with van der Waals surface area (Å²) in [6, 6.07) is 9.33. The molecule has 120 valence electrons. The minimum atomic E-state index is -0.456. The average molecular weight is 305 g/mol. The van der Waals surface area contributed by atoms with Crippen molar-refractivity contribution in [1.82, 2.24) is 10.6 Å². The Labute approximate surface area is 130 Å². The number of benzene rings is 1.